The Balaban J connectivity index is 1.64. The monoisotopic (exact) mass is 463 g/mol. The summed E-state index contributed by atoms with van der Waals surface area (Å²) in [6.45, 7) is 8.53. The molecule has 4 rings (SSSR count). The summed E-state index contributed by atoms with van der Waals surface area (Å²) in [7, 11) is 1.93. The molecule has 0 aliphatic heterocycles. The van der Waals surface area contributed by atoms with Gasteiger partial charge in [-0.15, -0.1) is 0 Å². The van der Waals surface area contributed by atoms with Gasteiger partial charge in [0.05, 0.1) is 24.4 Å². The van der Waals surface area contributed by atoms with E-state index in [9.17, 15) is 5.11 Å². The molecule has 2 aromatic carbocycles. The number of hydrogen-bond donors (Lipinski definition) is 1. The van der Waals surface area contributed by atoms with Crippen LogP contribution < -0.4 is 4.74 Å². The molecule has 1 aliphatic rings. The highest BCUT2D eigenvalue weighted by Crippen LogP contribution is 2.36. The number of aryl methyl sites for hydroxylation is 2. The van der Waals surface area contributed by atoms with Crippen LogP contribution in [0.3, 0.4) is 0 Å². The number of aliphatic hydroxyl groups excluding tert-OH is 1. The van der Waals surface area contributed by atoms with E-state index in [1.165, 1.54) is 12.8 Å². The quantitative estimate of drug-likeness (QED) is 0.401. The van der Waals surface area contributed by atoms with Gasteiger partial charge < -0.3 is 14.6 Å². The van der Waals surface area contributed by atoms with Gasteiger partial charge in [0.1, 0.15) is 11.4 Å². The van der Waals surface area contributed by atoms with E-state index >= 15 is 0 Å². The third kappa shape index (κ3) is 6.69. The molecule has 0 saturated heterocycles. The van der Waals surface area contributed by atoms with Crippen molar-refractivity contribution in [2.24, 2.45) is 13.0 Å². The second-order valence-electron chi connectivity index (χ2n) is 9.71. The SMILES string of the molecule is Cc1cccc(Oc2c(CN(CC(O)COC(C)C)CC3CC3)c(-c3ccccc3)nn2C)c1. The third-order valence-corrected chi connectivity index (χ3v) is 6.03. The molecule has 0 bridgehead atoms. The molecule has 0 amide bonds. The highest BCUT2D eigenvalue weighted by atomic mass is 16.5. The smallest absolute Gasteiger partial charge is 0.222 e. The van der Waals surface area contributed by atoms with Crippen LogP contribution in [0, 0.1) is 12.8 Å². The van der Waals surface area contributed by atoms with Crippen molar-refractivity contribution in [2.75, 3.05) is 19.7 Å². The molecule has 1 aromatic heterocycles. The minimum Gasteiger partial charge on any atom is -0.439 e. The van der Waals surface area contributed by atoms with E-state index in [2.05, 4.69) is 30.0 Å². The summed E-state index contributed by atoms with van der Waals surface area (Å²) < 4.78 is 13.9. The van der Waals surface area contributed by atoms with Crippen molar-refractivity contribution in [1.82, 2.24) is 14.7 Å². The predicted octanol–water partition coefficient (Wildman–Crippen LogP) is 5.19. The number of hydrogen-bond acceptors (Lipinski definition) is 5. The Kier molecular flexibility index (Phi) is 8.03. The van der Waals surface area contributed by atoms with Crippen LogP contribution in [0.4, 0.5) is 0 Å². The van der Waals surface area contributed by atoms with Crippen LogP contribution in [0.1, 0.15) is 37.8 Å². The summed E-state index contributed by atoms with van der Waals surface area (Å²) in [5.74, 6) is 2.22. The van der Waals surface area contributed by atoms with Crippen molar-refractivity contribution in [3.05, 3.63) is 65.7 Å². The first-order valence-corrected chi connectivity index (χ1v) is 12.3. The van der Waals surface area contributed by atoms with E-state index in [4.69, 9.17) is 14.6 Å². The zero-order valence-corrected chi connectivity index (χ0v) is 20.8. The van der Waals surface area contributed by atoms with Gasteiger partial charge in [-0.25, -0.2) is 4.68 Å². The van der Waals surface area contributed by atoms with E-state index in [0.717, 1.165) is 40.6 Å². The average molecular weight is 464 g/mol. The Bertz CT molecular complexity index is 1060. The van der Waals surface area contributed by atoms with Gasteiger partial charge in [0, 0.05) is 32.2 Å². The maximum atomic E-state index is 10.7. The molecule has 1 aliphatic carbocycles. The standard InChI is InChI=1S/C28H37N3O3/c1-20(2)33-19-24(32)17-31(16-22-13-14-22)18-26-27(23-10-6-5-7-11-23)29-30(4)28(26)34-25-12-8-9-21(3)15-25/h5-12,15,20,22,24,32H,13-14,16-19H2,1-4H3. The van der Waals surface area contributed by atoms with Crippen molar-refractivity contribution in [2.45, 2.75) is 52.4 Å². The lowest BCUT2D eigenvalue weighted by Crippen LogP contribution is -2.36. The average Bonchev–Trinajstić information content (AvgIpc) is 3.57. The molecule has 34 heavy (non-hydrogen) atoms. The van der Waals surface area contributed by atoms with Crippen molar-refractivity contribution in [3.8, 4) is 22.9 Å². The second kappa shape index (κ2) is 11.2. The first-order valence-electron chi connectivity index (χ1n) is 12.3. The molecule has 6 nitrogen and oxygen atoms in total. The third-order valence-electron chi connectivity index (χ3n) is 6.03. The summed E-state index contributed by atoms with van der Waals surface area (Å²) in [6, 6.07) is 18.3. The highest BCUT2D eigenvalue weighted by molar-refractivity contribution is 5.65. The van der Waals surface area contributed by atoms with Crippen molar-refractivity contribution >= 4 is 0 Å². The number of aromatic nitrogens is 2. The van der Waals surface area contributed by atoms with Gasteiger partial charge >= 0.3 is 0 Å². The maximum absolute atomic E-state index is 10.7. The molecule has 1 N–H and O–H groups in total. The largest absolute Gasteiger partial charge is 0.439 e. The zero-order chi connectivity index (χ0) is 24.1. The lowest BCUT2D eigenvalue weighted by Gasteiger charge is -2.26. The number of rotatable bonds is 12. The lowest BCUT2D eigenvalue weighted by atomic mass is 10.1. The Labute approximate surface area is 203 Å². The fraction of sp³-hybridized carbons (Fsp3) is 0.464. The van der Waals surface area contributed by atoms with Gasteiger partial charge in [0.15, 0.2) is 0 Å². The van der Waals surface area contributed by atoms with Gasteiger partial charge in [-0.3, -0.25) is 4.90 Å². The Hall–Kier alpha value is -2.67. The van der Waals surface area contributed by atoms with E-state index in [1.54, 1.807) is 0 Å². The molecule has 0 radical (unpaired) electrons. The minimum absolute atomic E-state index is 0.101. The van der Waals surface area contributed by atoms with E-state index in [0.29, 0.717) is 25.6 Å². The molecule has 0 spiro atoms. The fourth-order valence-electron chi connectivity index (χ4n) is 4.19. The van der Waals surface area contributed by atoms with Gasteiger partial charge in [-0.05, 0) is 57.2 Å². The number of aliphatic hydroxyl groups is 1. The maximum Gasteiger partial charge on any atom is 0.222 e. The van der Waals surface area contributed by atoms with Crippen LogP contribution in [-0.4, -0.2) is 51.7 Å². The summed E-state index contributed by atoms with van der Waals surface area (Å²) in [5, 5.41) is 15.6. The normalized spacial score (nSPS) is 14.7. The highest BCUT2D eigenvalue weighted by Gasteiger charge is 2.28. The summed E-state index contributed by atoms with van der Waals surface area (Å²) in [4.78, 5) is 2.33. The predicted molar refractivity (Wildman–Crippen MR) is 135 cm³/mol. The van der Waals surface area contributed by atoms with Crippen LogP contribution in [0.15, 0.2) is 54.6 Å². The van der Waals surface area contributed by atoms with E-state index in [-0.39, 0.29) is 6.10 Å². The molecule has 6 heteroatoms. The first kappa shape index (κ1) is 24.5. The number of nitrogens with zero attached hydrogens (tertiary/aromatic N) is 3. The molecule has 182 valence electrons. The second-order valence-corrected chi connectivity index (χ2v) is 9.71. The van der Waals surface area contributed by atoms with E-state index in [1.807, 2.05) is 62.0 Å². The Morgan fingerprint density at radius 1 is 1.12 bits per heavy atom. The number of ether oxygens (including phenoxy) is 2. The summed E-state index contributed by atoms with van der Waals surface area (Å²) >= 11 is 0. The molecule has 1 atom stereocenters. The van der Waals surface area contributed by atoms with Crippen LogP contribution in [0.2, 0.25) is 0 Å². The van der Waals surface area contributed by atoms with Crippen LogP contribution in [0.25, 0.3) is 11.3 Å². The molecular weight excluding hydrogens is 426 g/mol. The van der Waals surface area contributed by atoms with Crippen molar-refractivity contribution in [1.29, 1.82) is 0 Å². The molecule has 1 heterocycles. The lowest BCUT2D eigenvalue weighted by molar-refractivity contribution is -0.0101. The van der Waals surface area contributed by atoms with Crippen LogP contribution >= 0.6 is 0 Å². The number of benzene rings is 2. The minimum atomic E-state index is -0.542. The summed E-state index contributed by atoms with van der Waals surface area (Å²) in [5.41, 5.74) is 4.16. The van der Waals surface area contributed by atoms with Crippen LogP contribution in [0.5, 0.6) is 11.6 Å². The topological polar surface area (TPSA) is 59.8 Å². The molecule has 1 fully saturated rings. The Morgan fingerprint density at radius 3 is 2.56 bits per heavy atom. The van der Waals surface area contributed by atoms with Gasteiger partial charge in [0.25, 0.3) is 0 Å². The van der Waals surface area contributed by atoms with Gasteiger partial charge in [-0.2, -0.15) is 5.10 Å². The van der Waals surface area contributed by atoms with Crippen molar-refractivity contribution < 1.29 is 14.6 Å². The molecular formula is C28H37N3O3. The van der Waals surface area contributed by atoms with E-state index < -0.39 is 6.10 Å². The Morgan fingerprint density at radius 2 is 1.88 bits per heavy atom. The first-order chi connectivity index (χ1) is 16.4. The fourth-order valence-corrected chi connectivity index (χ4v) is 4.19. The van der Waals surface area contributed by atoms with Crippen LogP contribution in [-0.2, 0) is 18.3 Å². The summed E-state index contributed by atoms with van der Waals surface area (Å²) in [6.07, 6.45) is 2.06. The zero-order valence-electron chi connectivity index (χ0n) is 20.8. The molecule has 1 saturated carbocycles. The van der Waals surface area contributed by atoms with Gasteiger partial charge in [0.2, 0.25) is 5.88 Å². The molecule has 3 aromatic rings. The van der Waals surface area contributed by atoms with Crippen molar-refractivity contribution in [3.63, 3.8) is 0 Å². The molecule has 1 unspecified atom stereocenters. The van der Waals surface area contributed by atoms with Gasteiger partial charge in [-0.1, -0.05) is 42.5 Å².